The van der Waals surface area contributed by atoms with Gasteiger partial charge in [-0.2, -0.15) is 9.78 Å². The number of nitrogens with zero attached hydrogens (tertiary/aromatic N) is 7. The lowest BCUT2D eigenvalue weighted by molar-refractivity contribution is -0.212. The van der Waals surface area contributed by atoms with Crippen molar-refractivity contribution in [3.63, 3.8) is 0 Å². The van der Waals surface area contributed by atoms with Crippen molar-refractivity contribution in [2.75, 3.05) is 5.32 Å². The molecule has 4 rings (SSSR count). The summed E-state index contributed by atoms with van der Waals surface area (Å²) in [5.41, 5.74) is 0.696. The number of alkyl halides is 3. The third-order valence-corrected chi connectivity index (χ3v) is 4.91. The molecule has 0 bridgehead atoms. The van der Waals surface area contributed by atoms with Gasteiger partial charge in [0.1, 0.15) is 17.3 Å². The van der Waals surface area contributed by atoms with Crippen LogP contribution in [0.4, 0.5) is 23.4 Å². The smallest absolute Gasteiger partial charge is 0.306 e. The van der Waals surface area contributed by atoms with E-state index in [1.807, 2.05) is 13.8 Å². The van der Waals surface area contributed by atoms with Crippen LogP contribution in [0.3, 0.4) is 0 Å². The first-order valence-corrected chi connectivity index (χ1v) is 10.0. The van der Waals surface area contributed by atoms with Gasteiger partial charge in [-0.1, -0.05) is 6.07 Å². The number of hydrogen-bond acceptors (Lipinski definition) is 6. The summed E-state index contributed by atoms with van der Waals surface area (Å²) in [6, 6.07) is 7.01. The number of benzene rings is 1. The number of anilines is 1. The molecule has 176 valence electrons. The van der Waals surface area contributed by atoms with Gasteiger partial charge in [-0.05, 0) is 66.6 Å². The van der Waals surface area contributed by atoms with Crippen LogP contribution in [0.2, 0.25) is 0 Å². The molecule has 0 aliphatic rings. The maximum atomic E-state index is 14.6. The average Bonchev–Trinajstić information content (AvgIpc) is 3.44. The first-order valence-electron chi connectivity index (χ1n) is 10.0. The van der Waals surface area contributed by atoms with Crippen molar-refractivity contribution >= 4 is 11.7 Å². The van der Waals surface area contributed by atoms with Gasteiger partial charge in [0.25, 0.3) is 5.91 Å². The van der Waals surface area contributed by atoms with Crippen molar-refractivity contribution < 1.29 is 22.4 Å². The number of carbonyl (C=O) groups is 1. The molecule has 3 heterocycles. The molecule has 13 heteroatoms. The summed E-state index contributed by atoms with van der Waals surface area (Å²) in [6.07, 6.45) is -2.93. The van der Waals surface area contributed by atoms with Gasteiger partial charge in [0.15, 0.2) is 0 Å². The van der Waals surface area contributed by atoms with E-state index < -0.39 is 18.0 Å². The molecule has 0 aliphatic heterocycles. The van der Waals surface area contributed by atoms with Gasteiger partial charge in [-0.3, -0.25) is 4.79 Å². The van der Waals surface area contributed by atoms with Gasteiger partial charge in [0.05, 0.1) is 17.8 Å². The lowest BCUT2D eigenvalue weighted by atomic mass is 9.99. The van der Waals surface area contributed by atoms with Gasteiger partial charge in [0, 0.05) is 11.8 Å². The van der Waals surface area contributed by atoms with E-state index in [4.69, 9.17) is 0 Å². The van der Waals surface area contributed by atoms with Crippen molar-refractivity contribution in [2.24, 2.45) is 0 Å². The second kappa shape index (κ2) is 8.65. The van der Waals surface area contributed by atoms with Crippen molar-refractivity contribution in [2.45, 2.75) is 33.1 Å². The van der Waals surface area contributed by atoms with E-state index in [0.717, 1.165) is 18.5 Å². The van der Waals surface area contributed by atoms with Crippen LogP contribution in [-0.2, 0) is 6.30 Å². The van der Waals surface area contributed by atoms with E-state index in [1.165, 1.54) is 19.1 Å². The standard InChI is InChI=1S/C21H18F4N8O/c1-11(2)33-19(29-30-31-33)17-5-4-6-18(27-17)28-20(34)15-8-14(12(3)7-16(15)22)13-9-26-32(10-13)21(23,24)25/h4-11H,1-3H3,(H,27,28,34). The largest absolute Gasteiger partial charge is 0.504 e. The molecule has 9 nitrogen and oxygen atoms in total. The number of pyridine rings is 1. The Morgan fingerprint density at radius 2 is 1.94 bits per heavy atom. The molecule has 0 spiro atoms. The van der Waals surface area contributed by atoms with Crippen LogP contribution in [0.5, 0.6) is 0 Å². The lowest BCUT2D eigenvalue weighted by Gasteiger charge is -2.11. The van der Waals surface area contributed by atoms with Crippen molar-refractivity contribution in [1.29, 1.82) is 0 Å². The number of halogens is 4. The van der Waals surface area contributed by atoms with Crippen LogP contribution in [0.15, 0.2) is 42.7 Å². The number of aryl methyl sites for hydroxylation is 1. The molecule has 34 heavy (non-hydrogen) atoms. The predicted octanol–water partition coefficient (Wildman–Crippen LogP) is 4.36. The zero-order chi connectivity index (χ0) is 24.6. The molecule has 0 saturated carbocycles. The highest BCUT2D eigenvalue weighted by atomic mass is 19.4. The molecule has 0 fully saturated rings. The van der Waals surface area contributed by atoms with Crippen LogP contribution in [0, 0.1) is 12.7 Å². The quantitative estimate of drug-likeness (QED) is 0.431. The van der Waals surface area contributed by atoms with Crippen LogP contribution in [0.25, 0.3) is 22.6 Å². The molecule has 1 amide bonds. The number of carbonyl (C=O) groups excluding carboxylic acids is 1. The first-order chi connectivity index (χ1) is 16.0. The summed E-state index contributed by atoms with van der Waals surface area (Å²) in [7, 11) is 0. The summed E-state index contributed by atoms with van der Waals surface area (Å²) in [6.45, 7) is 5.30. The van der Waals surface area contributed by atoms with Crippen LogP contribution < -0.4 is 5.32 Å². The Hall–Kier alpha value is -4.16. The zero-order valence-electron chi connectivity index (χ0n) is 18.2. The van der Waals surface area contributed by atoms with Gasteiger partial charge in [-0.15, -0.1) is 18.3 Å². The summed E-state index contributed by atoms with van der Waals surface area (Å²) in [5.74, 6) is -1.15. The van der Waals surface area contributed by atoms with Gasteiger partial charge < -0.3 is 5.32 Å². The molecule has 0 aliphatic carbocycles. The maximum Gasteiger partial charge on any atom is 0.504 e. The Kier molecular flexibility index (Phi) is 5.85. The fourth-order valence-corrected chi connectivity index (χ4v) is 3.28. The summed E-state index contributed by atoms with van der Waals surface area (Å²) in [5, 5.41) is 17.3. The lowest BCUT2D eigenvalue weighted by Crippen LogP contribution is -2.16. The number of amides is 1. The van der Waals surface area contributed by atoms with E-state index in [2.05, 4.69) is 30.9 Å². The fraction of sp³-hybridized carbons (Fsp3) is 0.238. The molecule has 0 unspecified atom stereocenters. The van der Waals surface area contributed by atoms with Crippen molar-refractivity contribution in [3.05, 3.63) is 59.7 Å². The number of tetrazole rings is 1. The second-order valence-electron chi connectivity index (χ2n) is 7.69. The Bertz CT molecular complexity index is 1360. The second-order valence-corrected chi connectivity index (χ2v) is 7.69. The molecule has 3 aromatic heterocycles. The van der Waals surface area contributed by atoms with Gasteiger partial charge >= 0.3 is 6.30 Å². The van der Waals surface area contributed by atoms with Gasteiger partial charge in [0.2, 0.25) is 5.82 Å². The number of rotatable bonds is 5. The predicted molar refractivity (Wildman–Crippen MR) is 113 cm³/mol. The third kappa shape index (κ3) is 4.49. The Morgan fingerprint density at radius 3 is 2.62 bits per heavy atom. The molecular formula is C21H18F4N8O. The number of nitrogens with one attached hydrogen (secondary N) is 1. The summed E-state index contributed by atoms with van der Waals surface area (Å²) < 4.78 is 54.7. The molecule has 1 N–H and O–H groups in total. The van der Waals surface area contributed by atoms with E-state index in [0.29, 0.717) is 17.1 Å². The van der Waals surface area contributed by atoms with E-state index >= 15 is 0 Å². The minimum absolute atomic E-state index is 0.0353. The number of aromatic nitrogens is 7. The SMILES string of the molecule is Cc1cc(F)c(C(=O)Nc2cccc(-c3nnnn3C(C)C)n2)cc1-c1cnn(C(F)(F)F)c1. The highest BCUT2D eigenvalue weighted by Gasteiger charge is 2.32. The van der Waals surface area contributed by atoms with Crippen molar-refractivity contribution in [1.82, 2.24) is 35.0 Å². The van der Waals surface area contributed by atoms with Gasteiger partial charge in [-0.25, -0.2) is 14.1 Å². The Labute approximate surface area is 190 Å². The fourth-order valence-electron chi connectivity index (χ4n) is 3.28. The highest BCUT2D eigenvalue weighted by molar-refractivity contribution is 6.05. The third-order valence-electron chi connectivity index (χ3n) is 4.91. The van der Waals surface area contributed by atoms with E-state index in [-0.39, 0.29) is 33.2 Å². The molecular weight excluding hydrogens is 456 g/mol. The molecule has 1 aromatic carbocycles. The summed E-state index contributed by atoms with van der Waals surface area (Å²) >= 11 is 0. The van der Waals surface area contributed by atoms with E-state index in [1.54, 1.807) is 16.8 Å². The zero-order valence-corrected chi connectivity index (χ0v) is 18.2. The van der Waals surface area contributed by atoms with E-state index in [9.17, 15) is 22.4 Å². The highest BCUT2D eigenvalue weighted by Crippen LogP contribution is 2.29. The maximum absolute atomic E-state index is 14.6. The van der Waals surface area contributed by atoms with Crippen LogP contribution >= 0.6 is 0 Å². The monoisotopic (exact) mass is 474 g/mol. The number of hydrogen-bond donors (Lipinski definition) is 1. The molecule has 0 radical (unpaired) electrons. The molecule has 0 atom stereocenters. The topological polar surface area (TPSA) is 103 Å². The average molecular weight is 474 g/mol. The molecule has 0 saturated heterocycles. The molecule has 4 aromatic rings. The van der Waals surface area contributed by atoms with Crippen LogP contribution in [-0.4, -0.2) is 40.9 Å². The Morgan fingerprint density at radius 1 is 1.18 bits per heavy atom. The van der Waals surface area contributed by atoms with Crippen molar-refractivity contribution in [3.8, 4) is 22.6 Å². The Balaban J connectivity index is 1.64. The first kappa shape index (κ1) is 23.0. The normalized spacial score (nSPS) is 11.8. The minimum Gasteiger partial charge on any atom is -0.306 e. The minimum atomic E-state index is -4.70. The summed E-state index contributed by atoms with van der Waals surface area (Å²) in [4.78, 5) is 17.2. The van der Waals surface area contributed by atoms with Crippen LogP contribution in [0.1, 0.15) is 35.8 Å².